The van der Waals surface area contributed by atoms with Crippen molar-refractivity contribution in [2.24, 2.45) is 5.73 Å². The smallest absolute Gasteiger partial charge is 0.303 e. The maximum Gasteiger partial charge on any atom is 0.303 e. The second kappa shape index (κ2) is 4.99. The molecule has 1 unspecified atom stereocenters. The minimum absolute atomic E-state index is 0.0561. The minimum atomic E-state index is -0.844. The topological polar surface area (TPSA) is 83.6 Å². The summed E-state index contributed by atoms with van der Waals surface area (Å²) >= 11 is 0. The van der Waals surface area contributed by atoms with Crippen LogP contribution in [0.3, 0.4) is 0 Å². The van der Waals surface area contributed by atoms with Crippen LogP contribution in [-0.4, -0.2) is 16.2 Å². The monoisotopic (exact) mass is 223 g/mol. The van der Waals surface area contributed by atoms with E-state index < -0.39 is 5.97 Å². The Bertz CT molecular complexity index is 401. The number of benzene rings is 1. The van der Waals surface area contributed by atoms with Crippen molar-refractivity contribution < 1.29 is 15.0 Å². The molecule has 0 aliphatic carbocycles. The molecule has 0 heterocycles. The van der Waals surface area contributed by atoms with E-state index in [1.165, 1.54) is 0 Å². The van der Waals surface area contributed by atoms with Crippen molar-refractivity contribution in [3.8, 4) is 5.75 Å². The standard InChI is InChI=1S/C12H17NO3/c1-7-6-11(14)8(2)5-9(7)10(13)3-4-12(15)16/h5-6,10,14H,3-4,13H2,1-2H3,(H,15,16). The summed E-state index contributed by atoms with van der Waals surface area (Å²) in [6.45, 7) is 3.65. The second-order valence-electron chi connectivity index (χ2n) is 4.03. The zero-order valence-corrected chi connectivity index (χ0v) is 9.53. The molecular weight excluding hydrogens is 206 g/mol. The van der Waals surface area contributed by atoms with Gasteiger partial charge in [-0.05, 0) is 43.0 Å². The normalized spacial score (nSPS) is 12.4. The van der Waals surface area contributed by atoms with Crippen LogP contribution in [0.2, 0.25) is 0 Å². The van der Waals surface area contributed by atoms with E-state index in [1.54, 1.807) is 13.0 Å². The zero-order chi connectivity index (χ0) is 12.3. The van der Waals surface area contributed by atoms with Gasteiger partial charge >= 0.3 is 5.97 Å². The van der Waals surface area contributed by atoms with E-state index in [-0.39, 0.29) is 18.2 Å². The first-order chi connectivity index (χ1) is 7.41. The number of carboxylic acids is 1. The van der Waals surface area contributed by atoms with E-state index >= 15 is 0 Å². The van der Waals surface area contributed by atoms with E-state index in [2.05, 4.69) is 0 Å². The number of carbonyl (C=O) groups is 1. The van der Waals surface area contributed by atoms with Gasteiger partial charge in [-0.2, -0.15) is 0 Å². The lowest BCUT2D eigenvalue weighted by Crippen LogP contribution is -2.13. The molecule has 0 fully saturated rings. The van der Waals surface area contributed by atoms with Crippen molar-refractivity contribution in [1.82, 2.24) is 0 Å². The van der Waals surface area contributed by atoms with Gasteiger partial charge in [0, 0.05) is 12.5 Å². The molecule has 0 saturated carbocycles. The highest BCUT2D eigenvalue weighted by atomic mass is 16.4. The van der Waals surface area contributed by atoms with Gasteiger partial charge in [-0.1, -0.05) is 6.07 Å². The largest absolute Gasteiger partial charge is 0.508 e. The number of phenolic OH excluding ortho intramolecular Hbond substituents is 1. The predicted octanol–water partition coefficient (Wildman–Crippen LogP) is 1.87. The molecule has 0 aliphatic rings. The van der Waals surface area contributed by atoms with Gasteiger partial charge in [-0.25, -0.2) is 0 Å². The maximum atomic E-state index is 10.4. The first-order valence-corrected chi connectivity index (χ1v) is 5.19. The molecule has 1 atom stereocenters. The Hall–Kier alpha value is -1.55. The third-order valence-electron chi connectivity index (χ3n) is 2.65. The van der Waals surface area contributed by atoms with E-state index in [1.807, 2.05) is 13.0 Å². The third-order valence-corrected chi connectivity index (χ3v) is 2.65. The van der Waals surface area contributed by atoms with Crippen LogP contribution in [0.25, 0.3) is 0 Å². The molecule has 0 spiro atoms. The zero-order valence-electron chi connectivity index (χ0n) is 9.53. The van der Waals surface area contributed by atoms with Gasteiger partial charge in [-0.15, -0.1) is 0 Å². The Morgan fingerprint density at radius 2 is 2.00 bits per heavy atom. The van der Waals surface area contributed by atoms with Crippen LogP contribution in [0.1, 0.15) is 35.6 Å². The summed E-state index contributed by atoms with van der Waals surface area (Å²) < 4.78 is 0. The van der Waals surface area contributed by atoms with E-state index in [0.717, 1.165) is 16.7 Å². The summed E-state index contributed by atoms with van der Waals surface area (Å²) in [6, 6.07) is 3.18. The Balaban J connectivity index is 2.86. The molecule has 1 aromatic carbocycles. The van der Waals surface area contributed by atoms with Gasteiger partial charge in [0.25, 0.3) is 0 Å². The molecule has 4 heteroatoms. The lowest BCUT2D eigenvalue weighted by atomic mass is 9.96. The number of aromatic hydroxyl groups is 1. The van der Waals surface area contributed by atoms with Gasteiger partial charge in [0.15, 0.2) is 0 Å². The summed E-state index contributed by atoms with van der Waals surface area (Å²) in [5.41, 5.74) is 8.46. The van der Waals surface area contributed by atoms with Crippen molar-refractivity contribution in [2.45, 2.75) is 32.7 Å². The Morgan fingerprint density at radius 3 is 2.56 bits per heavy atom. The van der Waals surface area contributed by atoms with Crippen molar-refractivity contribution >= 4 is 5.97 Å². The van der Waals surface area contributed by atoms with Crippen molar-refractivity contribution in [3.05, 3.63) is 28.8 Å². The first kappa shape index (κ1) is 12.5. The van der Waals surface area contributed by atoms with Crippen LogP contribution in [0, 0.1) is 13.8 Å². The fraction of sp³-hybridized carbons (Fsp3) is 0.417. The minimum Gasteiger partial charge on any atom is -0.508 e. The van der Waals surface area contributed by atoms with Crippen LogP contribution in [-0.2, 0) is 4.79 Å². The average molecular weight is 223 g/mol. The van der Waals surface area contributed by atoms with Crippen LogP contribution in [0.15, 0.2) is 12.1 Å². The number of rotatable bonds is 4. The van der Waals surface area contributed by atoms with Crippen molar-refractivity contribution in [2.75, 3.05) is 0 Å². The molecule has 1 aromatic rings. The Morgan fingerprint density at radius 1 is 1.38 bits per heavy atom. The number of hydrogen-bond donors (Lipinski definition) is 3. The molecule has 0 saturated heterocycles. The molecule has 0 aromatic heterocycles. The SMILES string of the molecule is Cc1cc(C(N)CCC(=O)O)c(C)cc1O. The fourth-order valence-corrected chi connectivity index (χ4v) is 1.66. The molecular formula is C12H17NO3. The molecule has 0 radical (unpaired) electrons. The van der Waals surface area contributed by atoms with Gasteiger partial charge in [-0.3, -0.25) is 4.79 Å². The van der Waals surface area contributed by atoms with E-state index in [9.17, 15) is 9.90 Å². The number of hydrogen-bond acceptors (Lipinski definition) is 3. The molecule has 16 heavy (non-hydrogen) atoms. The third kappa shape index (κ3) is 2.97. The highest BCUT2D eigenvalue weighted by Crippen LogP contribution is 2.26. The highest BCUT2D eigenvalue weighted by molar-refractivity contribution is 5.66. The number of phenols is 1. The fourth-order valence-electron chi connectivity index (χ4n) is 1.66. The Kier molecular flexibility index (Phi) is 3.90. The average Bonchev–Trinajstić information content (AvgIpc) is 2.20. The number of aryl methyl sites for hydroxylation is 2. The summed E-state index contributed by atoms with van der Waals surface area (Å²) in [5, 5.41) is 18.1. The van der Waals surface area contributed by atoms with Crippen molar-refractivity contribution in [3.63, 3.8) is 0 Å². The highest BCUT2D eigenvalue weighted by Gasteiger charge is 2.12. The summed E-state index contributed by atoms with van der Waals surface area (Å²) in [6.07, 6.45) is 0.459. The molecule has 4 N–H and O–H groups in total. The summed E-state index contributed by atoms with van der Waals surface area (Å²) in [5.74, 6) is -0.602. The second-order valence-corrected chi connectivity index (χ2v) is 4.03. The number of nitrogens with two attached hydrogens (primary N) is 1. The molecule has 4 nitrogen and oxygen atoms in total. The molecule has 0 amide bonds. The number of carboxylic acid groups (broad SMARTS) is 1. The molecule has 0 aliphatic heterocycles. The maximum absolute atomic E-state index is 10.4. The van der Waals surface area contributed by atoms with Crippen LogP contribution in [0.5, 0.6) is 5.75 Å². The predicted molar refractivity (Wildman–Crippen MR) is 61.4 cm³/mol. The van der Waals surface area contributed by atoms with Crippen LogP contribution in [0.4, 0.5) is 0 Å². The van der Waals surface area contributed by atoms with Gasteiger partial charge in [0.05, 0.1) is 0 Å². The quantitative estimate of drug-likeness (QED) is 0.727. The summed E-state index contributed by atoms with van der Waals surface area (Å²) in [7, 11) is 0. The number of aliphatic carboxylic acids is 1. The van der Waals surface area contributed by atoms with E-state index in [4.69, 9.17) is 10.8 Å². The van der Waals surface area contributed by atoms with Crippen LogP contribution >= 0.6 is 0 Å². The first-order valence-electron chi connectivity index (χ1n) is 5.19. The van der Waals surface area contributed by atoms with Gasteiger partial charge in [0.1, 0.15) is 5.75 Å². The lowest BCUT2D eigenvalue weighted by Gasteiger charge is -2.15. The summed E-state index contributed by atoms with van der Waals surface area (Å²) in [4.78, 5) is 10.4. The van der Waals surface area contributed by atoms with Crippen LogP contribution < -0.4 is 5.73 Å². The molecule has 1 rings (SSSR count). The lowest BCUT2D eigenvalue weighted by molar-refractivity contribution is -0.137. The Labute approximate surface area is 94.7 Å². The van der Waals surface area contributed by atoms with Crippen molar-refractivity contribution in [1.29, 1.82) is 0 Å². The molecule has 88 valence electrons. The van der Waals surface area contributed by atoms with Gasteiger partial charge < -0.3 is 15.9 Å². The van der Waals surface area contributed by atoms with E-state index in [0.29, 0.717) is 6.42 Å². The van der Waals surface area contributed by atoms with Gasteiger partial charge in [0.2, 0.25) is 0 Å². The molecule has 0 bridgehead atoms.